The number of benzene rings is 1. The first-order chi connectivity index (χ1) is 7.04. The Kier molecular flexibility index (Phi) is 4.10. The van der Waals surface area contributed by atoms with E-state index in [1.807, 2.05) is 0 Å². The molecule has 0 amide bonds. The Labute approximate surface area is 92.5 Å². The predicted molar refractivity (Wildman–Crippen MR) is 65.8 cm³/mol. The zero-order valence-corrected chi connectivity index (χ0v) is 9.88. The summed E-state index contributed by atoms with van der Waals surface area (Å²) in [5.74, 6) is 0.622. The first kappa shape index (κ1) is 12.0. The van der Waals surface area contributed by atoms with Crippen molar-refractivity contribution in [2.24, 2.45) is 5.92 Å². The highest BCUT2D eigenvalue weighted by atomic mass is 16.3. The number of hydrogen-bond donors (Lipinski definition) is 1. The normalized spacial score (nSPS) is 10.7. The van der Waals surface area contributed by atoms with Gasteiger partial charge in [0.1, 0.15) is 0 Å². The summed E-state index contributed by atoms with van der Waals surface area (Å²) in [6, 6.07) is 6.32. The number of hydrogen-bond acceptors (Lipinski definition) is 1. The average molecular weight is 204 g/mol. The van der Waals surface area contributed by atoms with Gasteiger partial charge in [-0.2, -0.15) is 0 Å². The van der Waals surface area contributed by atoms with E-state index in [0.717, 1.165) is 17.6 Å². The molecule has 0 aliphatic rings. The van der Waals surface area contributed by atoms with Crippen LogP contribution >= 0.6 is 0 Å². The quantitative estimate of drug-likeness (QED) is 0.798. The van der Waals surface area contributed by atoms with Gasteiger partial charge in [-0.15, -0.1) is 0 Å². The van der Waals surface area contributed by atoms with E-state index in [9.17, 15) is 0 Å². The molecule has 0 aliphatic heterocycles. The van der Waals surface area contributed by atoms with Crippen LogP contribution in [0.4, 0.5) is 0 Å². The molecule has 15 heavy (non-hydrogen) atoms. The van der Waals surface area contributed by atoms with E-state index in [0.29, 0.717) is 5.92 Å². The molecule has 1 heteroatoms. The summed E-state index contributed by atoms with van der Waals surface area (Å²) in [6.45, 7) is 10.4. The Morgan fingerprint density at radius 1 is 1.40 bits per heavy atom. The summed E-state index contributed by atoms with van der Waals surface area (Å²) in [7, 11) is 0. The summed E-state index contributed by atoms with van der Waals surface area (Å²) in [6.07, 6.45) is 1.04. The summed E-state index contributed by atoms with van der Waals surface area (Å²) in [4.78, 5) is 0. The van der Waals surface area contributed by atoms with E-state index >= 15 is 0 Å². The highest BCUT2D eigenvalue weighted by molar-refractivity contribution is 5.67. The number of aliphatic hydroxyl groups is 1. The van der Waals surface area contributed by atoms with Crippen LogP contribution in [0.25, 0.3) is 5.57 Å². The van der Waals surface area contributed by atoms with E-state index in [1.165, 1.54) is 11.1 Å². The molecule has 1 N–H and O–H groups in total. The maximum absolute atomic E-state index is 9.12. The minimum absolute atomic E-state index is 0.0359. The van der Waals surface area contributed by atoms with E-state index < -0.39 is 0 Å². The second-order valence-electron chi connectivity index (χ2n) is 4.52. The molecular weight excluding hydrogens is 184 g/mol. The van der Waals surface area contributed by atoms with Crippen molar-refractivity contribution in [1.82, 2.24) is 0 Å². The number of rotatable bonds is 4. The Morgan fingerprint density at radius 2 is 2.07 bits per heavy atom. The van der Waals surface area contributed by atoms with Crippen molar-refractivity contribution in [3.8, 4) is 0 Å². The van der Waals surface area contributed by atoms with Gasteiger partial charge in [0, 0.05) is 0 Å². The fraction of sp³-hybridized carbons (Fsp3) is 0.429. The summed E-state index contributed by atoms with van der Waals surface area (Å²) >= 11 is 0. The van der Waals surface area contributed by atoms with Gasteiger partial charge >= 0.3 is 0 Å². The van der Waals surface area contributed by atoms with E-state index in [4.69, 9.17) is 5.11 Å². The highest BCUT2D eigenvalue weighted by Crippen LogP contribution is 2.21. The summed E-state index contributed by atoms with van der Waals surface area (Å²) in [5.41, 5.74) is 4.48. The van der Waals surface area contributed by atoms with Crippen molar-refractivity contribution < 1.29 is 5.11 Å². The molecule has 0 fully saturated rings. The van der Waals surface area contributed by atoms with Gasteiger partial charge in [0.2, 0.25) is 0 Å². The first-order valence-corrected chi connectivity index (χ1v) is 5.43. The van der Waals surface area contributed by atoms with Gasteiger partial charge in [-0.1, -0.05) is 44.2 Å². The van der Waals surface area contributed by atoms with Crippen LogP contribution in [-0.2, 0) is 6.42 Å². The van der Waals surface area contributed by atoms with Crippen LogP contribution in [0.5, 0.6) is 0 Å². The van der Waals surface area contributed by atoms with Gasteiger partial charge in [-0.3, -0.25) is 0 Å². The standard InChI is InChI=1S/C14H20O/c1-10(2)7-13-8-11(3)5-6-14(13)12(4)9-15/h5-6,8,10,15H,4,7,9H2,1-3H3. The molecular formula is C14H20O. The van der Waals surface area contributed by atoms with Crippen molar-refractivity contribution >= 4 is 5.57 Å². The monoisotopic (exact) mass is 204 g/mol. The fourth-order valence-electron chi connectivity index (χ4n) is 1.76. The van der Waals surface area contributed by atoms with Crippen LogP contribution in [-0.4, -0.2) is 11.7 Å². The lowest BCUT2D eigenvalue weighted by Gasteiger charge is -2.13. The molecule has 1 aromatic carbocycles. The van der Waals surface area contributed by atoms with Crippen LogP contribution in [0.1, 0.15) is 30.5 Å². The highest BCUT2D eigenvalue weighted by Gasteiger charge is 2.07. The van der Waals surface area contributed by atoms with Gasteiger partial charge < -0.3 is 5.11 Å². The van der Waals surface area contributed by atoms with Crippen LogP contribution in [0.3, 0.4) is 0 Å². The van der Waals surface area contributed by atoms with Crippen LogP contribution in [0.15, 0.2) is 24.8 Å². The van der Waals surface area contributed by atoms with Gasteiger partial charge in [0.05, 0.1) is 6.61 Å². The smallest absolute Gasteiger partial charge is 0.0682 e. The summed E-state index contributed by atoms with van der Waals surface area (Å²) in [5, 5.41) is 9.12. The van der Waals surface area contributed by atoms with Crippen LogP contribution in [0, 0.1) is 12.8 Å². The molecule has 1 rings (SSSR count). The van der Waals surface area contributed by atoms with E-state index in [1.54, 1.807) is 0 Å². The third kappa shape index (κ3) is 3.21. The zero-order valence-electron chi connectivity index (χ0n) is 9.88. The molecule has 0 bridgehead atoms. The molecule has 1 aromatic rings. The number of aliphatic hydroxyl groups excluding tert-OH is 1. The second kappa shape index (κ2) is 5.13. The average Bonchev–Trinajstić information content (AvgIpc) is 2.16. The van der Waals surface area contributed by atoms with Gasteiger partial charge in [-0.25, -0.2) is 0 Å². The van der Waals surface area contributed by atoms with Crippen molar-refractivity contribution in [3.63, 3.8) is 0 Å². The Bertz CT molecular complexity index is 350. The van der Waals surface area contributed by atoms with Gasteiger partial charge in [0.15, 0.2) is 0 Å². The van der Waals surface area contributed by atoms with Crippen LogP contribution < -0.4 is 0 Å². The van der Waals surface area contributed by atoms with Crippen molar-refractivity contribution in [2.75, 3.05) is 6.61 Å². The van der Waals surface area contributed by atoms with Gasteiger partial charge in [-0.05, 0) is 36.0 Å². The predicted octanol–water partition coefficient (Wildman–Crippen LogP) is 3.20. The molecule has 0 aliphatic carbocycles. The topological polar surface area (TPSA) is 20.2 Å². The molecule has 0 aromatic heterocycles. The lowest BCUT2D eigenvalue weighted by atomic mass is 9.93. The molecule has 0 atom stereocenters. The Hall–Kier alpha value is -1.08. The third-order valence-corrected chi connectivity index (χ3v) is 2.46. The largest absolute Gasteiger partial charge is 0.392 e. The maximum Gasteiger partial charge on any atom is 0.0682 e. The lowest BCUT2D eigenvalue weighted by Crippen LogP contribution is -2.01. The molecule has 0 saturated heterocycles. The van der Waals surface area contributed by atoms with Gasteiger partial charge in [0.25, 0.3) is 0 Å². The minimum atomic E-state index is 0.0359. The molecule has 82 valence electrons. The molecule has 0 unspecified atom stereocenters. The Morgan fingerprint density at radius 3 is 2.60 bits per heavy atom. The van der Waals surface area contributed by atoms with Crippen molar-refractivity contribution in [2.45, 2.75) is 27.2 Å². The first-order valence-electron chi connectivity index (χ1n) is 5.43. The van der Waals surface area contributed by atoms with Crippen molar-refractivity contribution in [1.29, 1.82) is 0 Å². The summed E-state index contributed by atoms with van der Waals surface area (Å²) < 4.78 is 0. The van der Waals surface area contributed by atoms with E-state index in [2.05, 4.69) is 45.5 Å². The SMILES string of the molecule is C=C(CO)c1ccc(C)cc1CC(C)C. The number of aryl methyl sites for hydroxylation is 1. The fourth-order valence-corrected chi connectivity index (χ4v) is 1.76. The molecule has 0 saturated carbocycles. The third-order valence-electron chi connectivity index (χ3n) is 2.46. The molecule has 0 spiro atoms. The lowest BCUT2D eigenvalue weighted by molar-refractivity contribution is 0.350. The Balaban J connectivity index is 3.08. The molecule has 0 heterocycles. The van der Waals surface area contributed by atoms with E-state index in [-0.39, 0.29) is 6.61 Å². The van der Waals surface area contributed by atoms with Crippen LogP contribution in [0.2, 0.25) is 0 Å². The second-order valence-corrected chi connectivity index (χ2v) is 4.52. The van der Waals surface area contributed by atoms with Crippen molar-refractivity contribution in [3.05, 3.63) is 41.5 Å². The minimum Gasteiger partial charge on any atom is -0.392 e. The maximum atomic E-state index is 9.12. The molecule has 1 nitrogen and oxygen atoms in total. The molecule has 0 radical (unpaired) electrons. The zero-order chi connectivity index (χ0) is 11.4.